The van der Waals surface area contributed by atoms with E-state index in [0.717, 1.165) is 50.6 Å². The zero-order valence-electron chi connectivity index (χ0n) is 19.8. The highest BCUT2D eigenvalue weighted by Gasteiger charge is 2.25. The molecular weight excluding hydrogens is 430 g/mol. The van der Waals surface area contributed by atoms with Crippen molar-refractivity contribution in [2.75, 3.05) is 25.9 Å². The van der Waals surface area contributed by atoms with E-state index in [4.69, 9.17) is 18.6 Å². The van der Waals surface area contributed by atoms with E-state index >= 15 is 0 Å². The van der Waals surface area contributed by atoms with E-state index in [9.17, 15) is 4.79 Å². The van der Waals surface area contributed by atoms with Gasteiger partial charge in [0, 0.05) is 34.6 Å². The van der Waals surface area contributed by atoms with Crippen molar-refractivity contribution in [1.29, 1.82) is 0 Å². The number of hydrogen-bond acceptors (Lipinski definition) is 6. The lowest BCUT2D eigenvalue weighted by Gasteiger charge is -2.33. The highest BCUT2D eigenvalue weighted by atomic mass is 16.5. The number of nitrogens with zero attached hydrogens (tertiary/aromatic N) is 1. The van der Waals surface area contributed by atoms with Crippen LogP contribution >= 0.6 is 0 Å². The molecule has 1 aliphatic heterocycles. The third kappa shape index (κ3) is 3.75. The molecule has 174 valence electrons. The standard InChI is InChI=1S/C28H27NO5/c1-17-22-13-20-15-29(24-14-21(31-3)10-11-25(24)32-4)16-33-26(20)18(2)27(22)34-28(30)23(17)12-19-8-6-5-7-9-19/h5-11,13-14H,12,15-16H2,1-4H3. The Bertz CT molecular complexity index is 1420. The summed E-state index contributed by atoms with van der Waals surface area (Å²) in [6.07, 6.45) is 0.532. The van der Waals surface area contributed by atoms with Gasteiger partial charge in [0.05, 0.1) is 26.5 Å². The van der Waals surface area contributed by atoms with Gasteiger partial charge in [0.15, 0.2) is 6.73 Å². The van der Waals surface area contributed by atoms with Gasteiger partial charge in [-0.15, -0.1) is 0 Å². The average Bonchev–Trinajstić information content (AvgIpc) is 2.87. The van der Waals surface area contributed by atoms with Crippen molar-refractivity contribution in [1.82, 2.24) is 0 Å². The summed E-state index contributed by atoms with van der Waals surface area (Å²) in [5, 5.41) is 0.935. The van der Waals surface area contributed by atoms with Crippen LogP contribution in [0.15, 0.2) is 63.8 Å². The van der Waals surface area contributed by atoms with Crippen molar-refractivity contribution in [3.63, 3.8) is 0 Å². The van der Waals surface area contributed by atoms with E-state index in [2.05, 4.69) is 11.0 Å². The van der Waals surface area contributed by atoms with Crippen LogP contribution < -0.4 is 24.7 Å². The van der Waals surface area contributed by atoms with Crippen LogP contribution in [0.5, 0.6) is 17.2 Å². The molecule has 0 radical (unpaired) electrons. The number of aryl methyl sites for hydroxylation is 2. The Kier molecular flexibility index (Phi) is 5.65. The summed E-state index contributed by atoms with van der Waals surface area (Å²) in [6, 6.07) is 17.8. The molecule has 1 aromatic heterocycles. The summed E-state index contributed by atoms with van der Waals surface area (Å²) in [5.74, 6) is 2.26. The third-order valence-electron chi connectivity index (χ3n) is 6.51. The Morgan fingerprint density at radius 2 is 1.76 bits per heavy atom. The maximum absolute atomic E-state index is 12.9. The van der Waals surface area contributed by atoms with Crippen LogP contribution in [0.4, 0.5) is 5.69 Å². The van der Waals surface area contributed by atoms with Crippen molar-refractivity contribution in [3.8, 4) is 17.2 Å². The zero-order chi connectivity index (χ0) is 23.8. The fourth-order valence-corrected chi connectivity index (χ4v) is 4.65. The lowest BCUT2D eigenvalue weighted by molar-refractivity contribution is 0.285. The Labute approximate surface area is 198 Å². The predicted molar refractivity (Wildman–Crippen MR) is 132 cm³/mol. The van der Waals surface area contributed by atoms with Crippen molar-refractivity contribution in [2.24, 2.45) is 0 Å². The van der Waals surface area contributed by atoms with E-state index in [-0.39, 0.29) is 5.63 Å². The zero-order valence-corrected chi connectivity index (χ0v) is 19.8. The highest BCUT2D eigenvalue weighted by Crippen LogP contribution is 2.40. The van der Waals surface area contributed by atoms with Crippen molar-refractivity contribution < 1.29 is 18.6 Å². The Morgan fingerprint density at radius 3 is 2.50 bits per heavy atom. The first-order chi connectivity index (χ1) is 16.5. The van der Waals surface area contributed by atoms with Gasteiger partial charge < -0.3 is 23.5 Å². The molecule has 1 aliphatic rings. The number of hydrogen-bond donors (Lipinski definition) is 0. The van der Waals surface area contributed by atoms with E-state index in [1.54, 1.807) is 14.2 Å². The van der Waals surface area contributed by atoms with Gasteiger partial charge in [0.25, 0.3) is 0 Å². The SMILES string of the molecule is COc1ccc(OC)c(N2COc3c(cc4c(C)c(Cc5ccccc5)c(=O)oc4c3C)C2)c1. The minimum absolute atomic E-state index is 0.296. The minimum Gasteiger partial charge on any atom is -0.497 e. The molecule has 0 unspecified atom stereocenters. The van der Waals surface area contributed by atoms with Crippen molar-refractivity contribution in [2.45, 2.75) is 26.8 Å². The number of benzene rings is 3. The van der Waals surface area contributed by atoms with Gasteiger partial charge in [-0.25, -0.2) is 4.79 Å². The van der Waals surface area contributed by atoms with Crippen LogP contribution in [-0.2, 0) is 13.0 Å². The number of ether oxygens (including phenoxy) is 3. The molecule has 2 heterocycles. The summed E-state index contributed by atoms with van der Waals surface area (Å²) < 4.78 is 23.0. The quantitative estimate of drug-likeness (QED) is 0.375. The van der Waals surface area contributed by atoms with Gasteiger partial charge in [-0.05, 0) is 43.2 Å². The lowest BCUT2D eigenvalue weighted by Crippen LogP contribution is -2.32. The fourth-order valence-electron chi connectivity index (χ4n) is 4.65. The first-order valence-electron chi connectivity index (χ1n) is 11.2. The molecule has 5 rings (SSSR count). The highest BCUT2D eigenvalue weighted by molar-refractivity contribution is 5.87. The lowest BCUT2D eigenvalue weighted by atomic mass is 9.96. The first kappa shape index (κ1) is 21.9. The molecule has 0 aliphatic carbocycles. The largest absolute Gasteiger partial charge is 0.497 e. The van der Waals surface area contributed by atoms with E-state index < -0.39 is 0 Å². The van der Waals surface area contributed by atoms with Crippen LogP contribution in [0.2, 0.25) is 0 Å². The Balaban J connectivity index is 1.59. The maximum Gasteiger partial charge on any atom is 0.340 e. The molecule has 0 N–H and O–H groups in total. The molecule has 6 heteroatoms. The maximum atomic E-state index is 12.9. The summed E-state index contributed by atoms with van der Waals surface area (Å²) in [7, 11) is 3.30. The molecule has 0 amide bonds. The van der Waals surface area contributed by atoms with Crippen LogP contribution in [0.1, 0.15) is 27.8 Å². The summed E-state index contributed by atoms with van der Waals surface area (Å²) in [4.78, 5) is 15.0. The third-order valence-corrected chi connectivity index (χ3v) is 6.51. The topological polar surface area (TPSA) is 61.1 Å². The van der Waals surface area contributed by atoms with Gasteiger partial charge in [-0.2, -0.15) is 0 Å². The van der Waals surface area contributed by atoms with Gasteiger partial charge >= 0.3 is 5.63 Å². The predicted octanol–water partition coefficient (Wildman–Crippen LogP) is 5.37. The normalized spacial score (nSPS) is 12.9. The van der Waals surface area contributed by atoms with Gasteiger partial charge in [-0.3, -0.25) is 0 Å². The second kappa shape index (κ2) is 8.78. The molecule has 0 spiro atoms. The van der Waals surface area contributed by atoms with Crippen molar-refractivity contribution in [3.05, 3.63) is 92.8 Å². The van der Waals surface area contributed by atoms with Gasteiger partial charge in [-0.1, -0.05) is 30.3 Å². The number of anilines is 1. The van der Waals surface area contributed by atoms with Crippen LogP contribution in [0.3, 0.4) is 0 Å². The molecule has 0 fully saturated rings. The molecule has 3 aromatic carbocycles. The fraction of sp³-hybridized carbons (Fsp3) is 0.250. The summed E-state index contributed by atoms with van der Waals surface area (Å²) in [5.41, 5.74) is 5.76. The minimum atomic E-state index is -0.296. The van der Waals surface area contributed by atoms with E-state index in [1.165, 1.54) is 0 Å². The number of rotatable bonds is 5. The van der Waals surface area contributed by atoms with Gasteiger partial charge in [0.2, 0.25) is 0 Å². The van der Waals surface area contributed by atoms with Crippen molar-refractivity contribution >= 4 is 16.7 Å². The summed E-state index contributed by atoms with van der Waals surface area (Å²) in [6.45, 7) is 4.92. The number of methoxy groups -OCH3 is 2. The van der Waals surface area contributed by atoms with E-state index in [1.807, 2.05) is 62.4 Å². The smallest absolute Gasteiger partial charge is 0.340 e. The van der Waals surface area contributed by atoms with E-state index in [0.29, 0.717) is 30.8 Å². The van der Waals surface area contributed by atoms with Crippen LogP contribution in [0.25, 0.3) is 11.0 Å². The Morgan fingerprint density at radius 1 is 0.971 bits per heavy atom. The van der Waals surface area contributed by atoms with Crippen LogP contribution in [-0.4, -0.2) is 21.0 Å². The second-order valence-corrected chi connectivity index (χ2v) is 8.53. The summed E-state index contributed by atoms with van der Waals surface area (Å²) >= 11 is 0. The molecule has 4 aromatic rings. The molecule has 0 atom stereocenters. The molecule has 0 saturated carbocycles. The molecule has 34 heavy (non-hydrogen) atoms. The molecule has 0 bridgehead atoms. The number of fused-ring (bicyclic) bond motifs is 2. The Hall–Kier alpha value is -3.93. The van der Waals surface area contributed by atoms with Crippen LogP contribution in [0, 0.1) is 13.8 Å². The molecule has 6 nitrogen and oxygen atoms in total. The second-order valence-electron chi connectivity index (χ2n) is 8.53. The van der Waals surface area contributed by atoms with Gasteiger partial charge in [0.1, 0.15) is 22.8 Å². The average molecular weight is 458 g/mol. The molecule has 0 saturated heterocycles. The monoisotopic (exact) mass is 457 g/mol. The first-order valence-corrected chi connectivity index (χ1v) is 11.2. The molecular formula is C28H27NO5.